The highest BCUT2D eigenvalue weighted by Gasteiger charge is 2.28. The van der Waals surface area contributed by atoms with E-state index in [1.165, 1.54) is 6.92 Å². The van der Waals surface area contributed by atoms with E-state index in [4.69, 9.17) is 22.4 Å². The minimum absolute atomic E-state index is 0.649. The molecule has 154 valence electrons. The number of aliphatic hydroxyl groups excluding tert-OH is 2. The van der Waals surface area contributed by atoms with Gasteiger partial charge in [-0.25, -0.2) is 10.6 Å². The number of hydrogen-bond donors (Lipinski definition) is 10. The van der Waals surface area contributed by atoms with E-state index in [0.29, 0.717) is 0 Å². The maximum absolute atomic E-state index is 12.0. The fraction of sp³-hybridized carbons (Fsp3) is 0.583. The van der Waals surface area contributed by atoms with E-state index in [0.717, 1.165) is 0 Å². The standard InChI is InChI=1S/C12H24N8O7/c1-4(22)8(11(26)18-15)17-12(27)16-6(2-7(14)23)10(25)20-19-9(24)5(13)3-21/h4-6,8,21-22H,2-3,13,15H2,1H3,(H2,14,23)(H,18,26)(H,19,24)(H,20,25)(H2,16,17,27)/t4?,5-,6?,8-/m0/s1. The van der Waals surface area contributed by atoms with E-state index in [2.05, 4.69) is 10.6 Å². The van der Waals surface area contributed by atoms with Crippen LogP contribution in [0, 0.1) is 0 Å². The number of urea groups is 1. The van der Waals surface area contributed by atoms with Crippen LogP contribution in [0.2, 0.25) is 0 Å². The van der Waals surface area contributed by atoms with Crippen molar-refractivity contribution in [1.82, 2.24) is 26.9 Å². The predicted octanol–water partition coefficient (Wildman–Crippen LogP) is -6.26. The second-order valence-electron chi connectivity index (χ2n) is 5.34. The normalized spacial score (nSPS) is 14.7. The molecule has 15 nitrogen and oxygen atoms in total. The van der Waals surface area contributed by atoms with E-state index < -0.39 is 66.9 Å². The summed E-state index contributed by atoms with van der Waals surface area (Å²) in [5.41, 5.74) is 15.7. The second-order valence-corrected chi connectivity index (χ2v) is 5.34. The van der Waals surface area contributed by atoms with Crippen molar-refractivity contribution in [3.05, 3.63) is 0 Å². The van der Waals surface area contributed by atoms with Crippen molar-refractivity contribution in [3.63, 3.8) is 0 Å². The van der Waals surface area contributed by atoms with Gasteiger partial charge in [-0.05, 0) is 6.92 Å². The van der Waals surface area contributed by atoms with Crippen molar-refractivity contribution >= 4 is 29.7 Å². The molecule has 0 spiro atoms. The molecule has 0 saturated heterocycles. The summed E-state index contributed by atoms with van der Waals surface area (Å²) in [4.78, 5) is 57.9. The molecule has 0 heterocycles. The zero-order valence-corrected chi connectivity index (χ0v) is 14.4. The molecule has 0 aliphatic heterocycles. The van der Waals surface area contributed by atoms with Gasteiger partial charge < -0.3 is 32.3 Å². The molecule has 0 aromatic carbocycles. The van der Waals surface area contributed by atoms with Gasteiger partial charge in [-0.15, -0.1) is 0 Å². The van der Waals surface area contributed by atoms with Crippen LogP contribution in [0.3, 0.4) is 0 Å². The molecule has 0 aromatic rings. The first-order chi connectivity index (χ1) is 12.5. The number of nitrogens with two attached hydrogens (primary N) is 3. The molecule has 0 bridgehead atoms. The number of rotatable bonds is 9. The lowest BCUT2D eigenvalue weighted by molar-refractivity contribution is -0.132. The molecule has 13 N–H and O–H groups in total. The lowest BCUT2D eigenvalue weighted by Gasteiger charge is -2.22. The summed E-state index contributed by atoms with van der Waals surface area (Å²) < 4.78 is 0. The molecule has 0 aromatic heterocycles. The van der Waals surface area contributed by atoms with Crippen molar-refractivity contribution in [2.24, 2.45) is 17.3 Å². The van der Waals surface area contributed by atoms with Gasteiger partial charge >= 0.3 is 6.03 Å². The number of carbonyl (C=O) groups excluding carboxylic acids is 5. The van der Waals surface area contributed by atoms with Gasteiger partial charge in [0, 0.05) is 0 Å². The number of hydrogen-bond acceptors (Lipinski definition) is 9. The average molecular weight is 392 g/mol. The van der Waals surface area contributed by atoms with Gasteiger partial charge in [-0.2, -0.15) is 0 Å². The number of hydrazine groups is 2. The zero-order chi connectivity index (χ0) is 21.1. The molecular formula is C12H24N8O7. The van der Waals surface area contributed by atoms with Gasteiger partial charge in [0.15, 0.2) is 0 Å². The Morgan fingerprint density at radius 3 is 2.00 bits per heavy atom. The number of amides is 6. The van der Waals surface area contributed by atoms with Gasteiger partial charge in [0.2, 0.25) is 5.91 Å². The molecule has 0 aliphatic rings. The van der Waals surface area contributed by atoms with Crippen LogP contribution >= 0.6 is 0 Å². The van der Waals surface area contributed by atoms with Gasteiger partial charge in [-0.1, -0.05) is 0 Å². The number of nitrogens with one attached hydrogen (secondary N) is 5. The van der Waals surface area contributed by atoms with Crippen molar-refractivity contribution < 1.29 is 34.2 Å². The van der Waals surface area contributed by atoms with Crippen LogP contribution in [0.25, 0.3) is 0 Å². The highest BCUT2D eigenvalue weighted by Crippen LogP contribution is 1.96. The molecule has 0 radical (unpaired) electrons. The van der Waals surface area contributed by atoms with Gasteiger partial charge in [0.1, 0.15) is 18.1 Å². The van der Waals surface area contributed by atoms with E-state index in [1.807, 2.05) is 10.9 Å². The summed E-state index contributed by atoms with van der Waals surface area (Å²) in [7, 11) is 0. The maximum atomic E-state index is 12.0. The first-order valence-corrected chi connectivity index (χ1v) is 7.53. The molecule has 6 amide bonds. The van der Waals surface area contributed by atoms with E-state index >= 15 is 0 Å². The Morgan fingerprint density at radius 1 is 1.00 bits per heavy atom. The highest BCUT2D eigenvalue weighted by atomic mass is 16.3. The van der Waals surface area contributed by atoms with Crippen LogP contribution in [0.4, 0.5) is 4.79 Å². The van der Waals surface area contributed by atoms with Gasteiger partial charge in [-0.3, -0.25) is 35.5 Å². The number of primary amides is 1. The van der Waals surface area contributed by atoms with Crippen molar-refractivity contribution in [1.29, 1.82) is 0 Å². The smallest absolute Gasteiger partial charge is 0.316 e. The molecule has 0 saturated carbocycles. The van der Waals surface area contributed by atoms with Crippen molar-refractivity contribution in [3.8, 4) is 0 Å². The predicted molar refractivity (Wildman–Crippen MR) is 88.4 cm³/mol. The average Bonchev–Trinajstić information content (AvgIpc) is 2.61. The summed E-state index contributed by atoms with van der Waals surface area (Å²) >= 11 is 0. The minimum atomic E-state index is -1.54. The van der Waals surface area contributed by atoms with E-state index in [9.17, 15) is 29.1 Å². The van der Waals surface area contributed by atoms with Crippen LogP contribution < -0.4 is 44.2 Å². The van der Waals surface area contributed by atoms with Crippen molar-refractivity contribution in [2.45, 2.75) is 37.6 Å². The lowest BCUT2D eigenvalue weighted by Crippen LogP contribution is -2.60. The monoisotopic (exact) mass is 392 g/mol. The Bertz CT molecular complexity index is 570. The molecule has 4 atom stereocenters. The van der Waals surface area contributed by atoms with Gasteiger partial charge in [0.25, 0.3) is 17.7 Å². The summed E-state index contributed by atoms with van der Waals surface area (Å²) in [6.45, 7) is 0.519. The van der Waals surface area contributed by atoms with Crippen LogP contribution in [0.1, 0.15) is 13.3 Å². The van der Waals surface area contributed by atoms with Crippen LogP contribution in [-0.4, -0.2) is 70.7 Å². The Hall–Kier alpha value is -3.01. The third kappa shape index (κ3) is 8.77. The molecule has 15 heteroatoms. The van der Waals surface area contributed by atoms with Crippen LogP contribution in [0.15, 0.2) is 0 Å². The fourth-order valence-corrected chi connectivity index (χ4v) is 1.63. The minimum Gasteiger partial charge on any atom is -0.394 e. The third-order valence-electron chi connectivity index (χ3n) is 3.06. The Balaban J connectivity index is 4.96. The summed E-state index contributed by atoms with van der Waals surface area (Å²) in [5.74, 6) is 1.09. The maximum Gasteiger partial charge on any atom is 0.316 e. The Labute approximate surface area is 153 Å². The van der Waals surface area contributed by atoms with Crippen LogP contribution in [-0.2, 0) is 19.2 Å². The van der Waals surface area contributed by atoms with Crippen molar-refractivity contribution in [2.75, 3.05) is 6.61 Å². The SMILES string of the molecule is CC(O)[C@H](NC(=O)NC(CC(N)=O)C(=O)NNC(=O)[C@@H](N)CO)C(=O)NN. The summed E-state index contributed by atoms with van der Waals surface area (Å²) in [5, 5.41) is 22.3. The topological polar surface area (TPSA) is 264 Å². The highest BCUT2D eigenvalue weighted by molar-refractivity contribution is 5.94. The Kier molecular flexibility index (Phi) is 10.3. The van der Waals surface area contributed by atoms with Gasteiger partial charge in [0.05, 0.1) is 19.1 Å². The molecule has 2 unspecified atom stereocenters. The zero-order valence-electron chi connectivity index (χ0n) is 14.4. The molecule has 0 fully saturated rings. The molecule has 0 aliphatic carbocycles. The quantitative estimate of drug-likeness (QED) is 0.101. The largest absolute Gasteiger partial charge is 0.394 e. The third-order valence-corrected chi connectivity index (χ3v) is 3.06. The molecule has 0 rings (SSSR count). The van der Waals surface area contributed by atoms with Crippen LogP contribution in [0.5, 0.6) is 0 Å². The first-order valence-electron chi connectivity index (χ1n) is 7.53. The molecular weight excluding hydrogens is 368 g/mol. The summed E-state index contributed by atoms with van der Waals surface area (Å²) in [6, 6.07) is -5.40. The number of carbonyl (C=O) groups is 5. The van der Waals surface area contributed by atoms with E-state index in [1.54, 1.807) is 5.43 Å². The molecule has 27 heavy (non-hydrogen) atoms. The van der Waals surface area contributed by atoms with E-state index in [-0.39, 0.29) is 0 Å². The first kappa shape index (κ1) is 24.0. The Morgan fingerprint density at radius 2 is 1.56 bits per heavy atom. The second kappa shape index (κ2) is 11.6. The fourth-order valence-electron chi connectivity index (χ4n) is 1.63. The lowest BCUT2D eigenvalue weighted by atomic mass is 10.1. The number of aliphatic hydroxyl groups is 2. The summed E-state index contributed by atoms with van der Waals surface area (Å²) in [6.07, 6.45) is -1.98.